The fraction of sp³-hybridized carbons (Fsp3) is 0.375. The molecular weight excluding hydrogens is 356 g/mol. The fourth-order valence-corrected chi connectivity index (χ4v) is 2.17. The average molecular weight is 372 g/mol. The molecule has 2 heterocycles. The Morgan fingerprint density at radius 3 is 2.59 bits per heavy atom. The highest BCUT2D eigenvalue weighted by atomic mass is 16.6. The van der Waals surface area contributed by atoms with Gasteiger partial charge in [0.2, 0.25) is 17.1 Å². The van der Waals surface area contributed by atoms with Crippen molar-refractivity contribution in [3.05, 3.63) is 31.9 Å². The molecule has 0 fully saturated rings. The number of aromatic nitrogens is 5. The number of nitrogens with zero attached hydrogens (tertiary/aromatic N) is 5. The minimum Gasteiger partial charge on any atom is -0.710 e. The lowest BCUT2D eigenvalue weighted by molar-refractivity contribution is -0.609. The first-order chi connectivity index (χ1) is 12.7. The molecule has 2 rings (SSSR count). The summed E-state index contributed by atoms with van der Waals surface area (Å²) < 4.78 is 7.02. The van der Waals surface area contributed by atoms with Crippen LogP contribution in [0, 0.1) is 29.9 Å². The van der Waals surface area contributed by atoms with E-state index in [1.807, 2.05) is 0 Å². The normalized spacial score (nSPS) is 10.9. The highest BCUT2D eigenvalue weighted by molar-refractivity contribution is 5.68. The lowest BCUT2D eigenvalue weighted by Crippen LogP contribution is -2.50. The maximum atomic E-state index is 12.5. The van der Waals surface area contributed by atoms with Crippen LogP contribution < -0.4 is 21.3 Å². The van der Waals surface area contributed by atoms with Crippen LogP contribution in [0.4, 0.5) is 4.79 Å². The predicted molar refractivity (Wildman–Crippen MR) is 92.2 cm³/mol. The van der Waals surface area contributed by atoms with Gasteiger partial charge in [0.25, 0.3) is 0 Å². The molecule has 140 valence electrons. The minimum absolute atomic E-state index is 0.0450. The van der Waals surface area contributed by atoms with E-state index >= 15 is 0 Å². The largest absolute Gasteiger partial charge is 0.710 e. The van der Waals surface area contributed by atoms with E-state index in [1.165, 1.54) is 14.0 Å². The van der Waals surface area contributed by atoms with Crippen LogP contribution in [0.2, 0.25) is 0 Å². The van der Waals surface area contributed by atoms with Gasteiger partial charge in [-0.1, -0.05) is 0 Å². The zero-order chi connectivity index (χ0) is 20.4. The molecule has 0 saturated heterocycles. The third-order valence-electron chi connectivity index (χ3n) is 3.66. The van der Waals surface area contributed by atoms with Crippen LogP contribution in [0.3, 0.4) is 0 Å². The third kappa shape index (κ3) is 3.57. The summed E-state index contributed by atoms with van der Waals surface area (Å²) in [4.78, 5) is 39.8. The van der Waals surface area contributed by atoms with E-state index in [-0.39, 0.29) is 35.2 Å². The summed E-state index contributed by atoms with van der Waals surface area (Å²) in [7, 11) is 1.40. The SMILES string of the molecule is C#CC(C)(C#C)OC(=O)NCc1nn(C)c2nc(=O)n(CC)c(=O)c-2[n+]1[O-]. The molecule has 0 aromatic carbocycles. The van der Waals surface area contributed by atoms with Gasteiger partial charge < -0.3 is 15.3 Å². The molecule has 0 aromatic heterocycles. The highest BCUT2D eigenvalue weighted by Gasteiger charge is 2.28. The number of carbonyl (C=O) groups excluding carboxylic acids is 1. The van der Waals surface area contributed by atoms with Crippen LogP contribution in [-0.4, -0.2) is 31.0 Å². The summed E-state index contributed by atoms with van der Waals surface area (Å²) >= 11 is 0. The van der Waals surface area contributed by atoms with Crippen LogP contribution in [0.15, 0.2) is 9.59 Å². The maximum Gasteiger partial charge on any atom is 0.409 e. The average Bonchev–Trinajstić information content (AvgIpc) is 2.63. The summed E-state index contributed by atoms with van der Waals surface area (Å²) in [6.45, 7) is 2.57. The van der Waals surface area contributed by atoms with Gasteiger partial charge in [0, 0.05) is 6.54 Å². The van der Waals surface area contributed by atoms with Gasteiger partial charge in [-0.25, -0.2) is 14.3 Å². The van der Waals surface area contributed by atoms with Gasteiger partial charge in [0.1, 0.15) is 6.54 Å². The Morgan fingerprint density at radius 1 is 1.41 bits per heavy atom. The molecule has 11 heteroatoms. The van der Waals surface area contributed by atoms with Gasteiger partial charge in [-0.3, -0.25) is 9.36 Å². The van der Waals surface area contributed by atoms with Crippen LogP contribution >= 0.6 is 0 Å². The second-order valence-electron chi connectivity index (χ2n) is 5.52. The molecule has 0 radical (unpaired) electrons. The number of terminal acetylenes is 2. The minimum atomic E-state index is -1.55. The van der Waals surface area contributed by atoms with Crippen molar-refractivity contribution in [2.45, 2.75) is 32.5 Å². The molecule has 11 nitrogen and oxygen atoms in total. The summed E-state index contributed by atoms with van der Waals surface area (Å²) in [5.41, 5.74) is -3.53. The number of rotatable bonds is 4. The second-order valence-corrected chi connectivity index (χ2v) is 5.52. The van der Waals surface area contributed by atoms with Crippen molar-refractivity contribution >= 4 is 6.09 Å². The molecular formula is C16H16N6O5. The maximum absolute atomic E-state index is 12.5. The van der Waals surface area contributed by atoms with Gasteiger partial charge >= 0.3 is 23.2 Å². The number of amides is 1. The number of carbonyl (C=O) groups is 1. The first-order valence-corrected chi connectivity index (χ1v) is 7.70. The summed E-state index contributed by atoms with van der Waals surface area (Å²) in [6.07, 6.45) is 9.42. The topological polar surface area (TPSA) is 135 Å². The van der Waals surface area contributed by atoms with Gasteiger partial charge in [0.05, 0.1) is 12.1 Å². The van der Waals surface area contributed by atoms with E-state index in [0.717, 1.165) is 9.25 Å². The molecule has 0 bridgehead atoms. The Labute approximate surface area is 153 Å². The van der Waals surface area contributed by atoms with Gasteiger partial charge in [0.15, 0.2) is 0 Å². The molecule has 0 saturated carbocycles. The molecule has 0 aliphatic carbocycles. The van der Waals surface area contributed by atoms with Crippen LogP contribution in [-0.2, 0) is 24.9 Å². The van der Waals surface area contributed by atoms with Gasteiger partial charge in [-0.15, -0.1) is 12.8 Å². The van der Waals surface area contributed by atoms with E-state index in [9.17, 15) is 19.6 Å². The first kappa shape index (κ1) is 19.5. The van der Waals surface area contributed by atoms with Crippen LogP contribution in [0.1, 0.15) is 19.7 Å². The van der Waals surface area contributed by atoms with Crippen molar-refractivity contribution in [3.8, 4) is 36.2 Å². The highest BCUT2D eigenvalue weighted by Crippen LogP contribution is 2.08. The second kappa shape index (κ2) is 7.17. The Bertz CT molecular complexity index is 1060. The summed E-state index contributed by atoms with van der Waals surface area (Å²) in [6, 6.07) is 0. The predicted octanol–water partition coefficient (Wildman–Crippen LogP) is -1.65. The molecule has 0 aromatic rings. The van der Waals surface area contributed by atoms with E-state index in [1.54, 1.807) is 6.92 Å². The molecule has 0 atom stereocenters. The van der Waals surface area contributed by atoms with E-state index < -0.39 is 22.9 Å². The summed E-state index contributed by atoms with van der Waals surface area (Å²) in [5, 5.41) is 18.7. The Balaban J connectivity index is 2.40. The number of fused-ring (bicyclic) bond motifs is 1. The van der Waals surface area contributed by atoms with Gasteiger partial charge in [-0.05, 0) is 25.7 Å². The lowest BCUT2D eigenvalue weighted by atomic mass is 10.1. The monoisotopic (exact) mass is 372 g/mol. The molecule has 0 unspecified atom stereocenters. The molecule has 27 heavy (non-hydrogen) atoms. The number of nitrogens with one attached hydrogen (secondary N) is 1. The van der Waals surface area contributed by atoms with Gasteiger partial charge in [-0.2, -0.15) is 9.67 Å². The van der Waals surface area contributed by atoms with E-state index in [0.29, 0.717) is 0 Å². The molecule has 2 aliphatic rings. The van der Waals surface area contributed by atoms with E-state index in [4.69, 9.17) is 17.6 Å². The molecule has 0 spiro atoms. The molecule has 1 N–H and O–H groups in total. The summed E-state index contributed by atoms with van der Waals surface area (Å²) in [5.74, 6) is 3.87. The zero-order valence-corrected chi connectivity index (χ0v) is 14.8. The van der Waals surface area contributed by atoms with Crippen molar-refractivity contribution < 1.29 is 14.3 Å². The lowest BCUT2D eigenvalue weighted by Gasteiger charge is -2.18. The number of hydrogen-bond acceptors (Lipinski definition) is 7. The zero-order valence-electron chi connectivity index (χ0n) is 14.8. The number of hydrogen-bond donors (Lipinski definition) is 1. The third-order valence-corrected chi connectivity index (χ3v) is 3.66. The van der Waals surface area contributed by atoms with Crippen LogP contribution in [0.25, 0.3) is 11.5 Å². The first-order valence-electron chi connectivity index (χ1n) is 7.70. The Morgan fingerprint density at radius 2 is 2.04 bits per heavy atom. The number of ether oxygens (including phenoxy) is 1. The van der Waals surface area contributed by atoms with Crippen LogP contribution in [0.5, 0.6) is 0 Å². The molecule has 2 aliphatic heterocycles. The molecule has 1 amide bonds. The Hall–Kier alpha value is -3.86. The number of alkyl carbamates (subject to hydrolysis) is 1. The van der Waals surface area contributed by atoms with E-state index in [2.05, 4.69) is 27.2 Å². The van der Waals surface area contributed by atoms with Crippen molar-refractivity contribution in [3.63, 3.8) is 0 Å². The number of aryl methyl sites for hydroxylation is 1. The van der Waals surface area contributed by atoms with Crippen molar-refractivity contribution in [1.82, 2.24) is 24.6 Å². The smallest absolute Gasteiger partial charge is 0.409 e. The van der Waals surface area contributed by atoms with Crippen molar-refractivity contribution in [2.24, 2.45) is 7.05 Å². The van der Waals surface area contributed by atoms with Crippen molar-refractivity contribution in [1.29, 1.82) is 0 Å². The Kier molecular flexibility index (Phi) is 5.17. The standard InChI is InChI=1S/C16H16N6O5/c1-6-16(4,7-2)27-15(25)17-9-10-19-20(5)12-11(22(10)26)13(23)21(8-3)14(24)18-12/h1-2H,8-9H2,3-5H3,(H,17,25). The quantitative estimate of drug-likeness (QED) is 0.386. The van der Waals surface area contributed by atoms with Crippen molar-refractivity contribution in [2.75, 3.05) is 0 Å². The fourth-order valence-electron chi connectivity index (χ4n) is 2.17.